The number of ether oxygens (including phenoxy) is 1. The SMILES string of the molecule is COc1ccc(CNCC2(CO)CCCCC2)cc1C. The maximum absolute atomic E-state index is 9.69. The van der Waals surface area contributed by atoms with Crippen molar-refractivity contribution in [3.05, 3.63) is 29.3 Å². The first-order valence-electron chi connectivity index (χ1n) is 7.64. The summed E-state index contributed by atoms with van der Waals surface area (Å²) < 4.78 is 5.28. The van der Waals surface area contributed by atoms with E-state index in [-0.39, 0.29) is 5.41 Å². The summed E-state index contributed by atoms with van der Waals surface area (Å²) in [5.74, 6) is 0.938. The molecule has 1 aromatic carbocycles. The topological polar surface area (TPSA) is 41.5 Å². The molecule has 20 heavy (non-hydrogen) atoms. The molecule has 0 atom stereocenters. The fourth-order valence-electron chi connectivity index (χ4n) is 3.22. The van der Waals surface area contributed by atoms with Gasteiger partial charge in [0.15, 0.2) is 0 Å². The Balaban J connectivity index is 1.87. The quantitative estimate of drug-likeness (QED) is 0.840. The van der Waals surface area contributed by atoms with Crippen LogP contribution in [0.4, 0.5) is 0 Å². The summed E-state index contributed by atoms with van der Waals surface area (Å²) in [6, 6.07) is 6.29. The Morgan fingerprint density at radius 2 is 2.00 bits per heavy atom. The number of aryl methyl sites for hydroxylation is 1. The number of aliphatic hydroxyl groups excluding tert-OH is 1. The first-order chi connectivity index (χ1) is 9.69. The Kier molecular flexibility index (Phi) is 5.44. The molecule has 2 N–H and O–H groups in total. The van der Waals surface area contributed by atoms with Gasteiger partial charge in [0.25, 0.3) is 0 Å². The lowest BCUT2D eigenvalue weighted by Crippen LogP contribution is -2.38. The van der Waals surface area contributed by atoms with Gasteiger partial charge in [-0.3, -0.25) is 0 Å². The van der Waals surface area contributed by atoms with Gasteiger partial charge in [-0.05, 0) is 37.0 Å². The second-order valence-corrected chi connectivity index (χ2v) is 6.13. The molecule has 2 rings (SSSR count). The van der Waals surface area contributed by atoms with Crippen LogP contribution in [0.5, 0.6) is 5.75 Å². The van der Waals surface area contributed by atoms with E-state index in [0.717, 1.165) is 31.7 Å². The Bertz CT molecular complexity index is 425. The van der Waals surface area contributed by atoms with Crippen molar-refractivity contribution in [1.29, 1.82) is 0 Å². The van der Waals surface area contributed by atoms with Crippen molar-refractivity contribution in [3.63, 3.8) is 0 Å². The van der Waals surface area contributed by atoms with Gasteiger partial charge >= 0.3 is 0 Å². The second kappa shape index (κ2) is 7.09. The van der Waals surface area contributed by atoms with Crippen LogP contribution in [0.1, 0.15) is 43.2 Å². The zero-order valence-electron chi connectivity index (χ0n) is 12.7. The first-order valence-corrected chi connectivity index (χ1v) is 7.64. The number of benzene rings is 1. The van der Waals surface area contributed by atoms with E-state index in [1.54, 1.807) is 7.11 Å². The molecule has 0 amide bonds. The third-order valence-electron chi connectivity index (χ3n) is 4.54. The van der Waals surface area contributed by atoms with E-state index in [2.05, 4.69) is 24.4 Å². The fourth-order valence-corrected chi connectivity index (χ4v) is 3.22. The van der Waals surface area contributed by atoms with Gasteiger partial charge in [0.2, 0.25) is 0 Å². The fraction of sp³-hybridized carbons (Fsp3) is 0.647. The van der Waals surface area contributed by atoms with Crippen molar-refractivity contribution in [2.45, 2.75) is 45.6 Å². The van der Waals surface area contributed by atoms with Crippen LogP contribution < -0.4 is 10.1 Å². The Hall–Kier alpha value is -1.06. The normalized spacial score (nSPS) is 17.9. The van der Waals surface area contributed by atoms with Crippen LogP contribution in [0.25, 0.3) is 0 Å². The van der Waals surface area contributed by atoms with E-state index in [0.29, 0.717) is 6.61 Å². The van der Waals surface area contributed by atoms with Gasteiger partial charge in [-0.2, -0.15) is 0 Å². The van der Waals surface area contributed by atoms with Crippen LogP contribution in [0.2, 0.25) is 0 Å². The molecular weight excluding hydrogens is 250 g/mol. The number of hydrogen-bond acceptors (Lipinski definition) is 3. The Morgan fingerprint density at radius 1 is 1.25 bits per heavy atom. The standard InChI is InChI=1S/C17H27NO2/c1-14-10-15(6-7-16(14)20-2)11-18-12-17(13-19)8-4-3-5-9-17/h6-7,10,18-19H,3-5,8-9,11-13H2,1-2H3. The summed E-state index contributed by atoms with van der Waals surface area (Å²) in [5, 5.41) is 13.2. The van der Waals surface area contributed by atoms with Crippen LogP contribution in [0.15, 0.2) is 18.2 Å². The summed E-state index contributed by atoms with van der Waals surface area (Å²) in [5.41, 5.74) is 2.55. The van der Waals surface area contributed by atoms with Gasteiger partial charge < -0.3 is 15.2 Å². The number of rotatable bonds is 6. The minimum absolute atomic E-state index is 0.111. The van der Waals surface area contributed by atoms with Gasteiger partial charge in [0, 0.05) is 25.1 Å². The molecule has 0 bridgehead atoms. The summed E-state index contributed by atoms with van der Waals surface area (Å²) in [6.07, 6.45) is 6.13. The lowest BCUT2D eigenvalue weighted by Gasteiger charge is -2.35. The van der Waals surface area contributed by atoms with Crippen molar-refractivity contribution in [2.75, 3.05) is 20.3 Å². The molecule has 0 heterocycles. The van der Waals surface area contributed by atoms with E-state index < -0.39 is 0 Å². The zero-order valence-corrected chi connectivity index (χ0v) is 12.7. The molecule has 1 aliphatic carbocycles. The number of methoxy groups -OCH3 is 1. The minimum atomic E-state index is 0.111. The van der Waals surface area contributed by atoms with Crippen molar-refractivity contribution in [3.8, 4) is 5.75 Å². The second-order valence-electron chi connectivity index (χ2n) is 6.13. The molecule has 1 saturated carbocycles. The monoisotopic (exact) mass is 277 g/mol. The molecule has 0 radical (unpaired) electrons. The number of nitrogens with one attached hydrogen (secondary N) is 1. The minimum Gasteiger partial charge on any atom is -0.496 e. The molecule has 0 aliphatic heterocycles. The molecule has 0 aromatic heterocycles. The molecule has 1 aliphatic rings. The van der Waals surface area contributed by atoms with Gasteiger partial charge in [-0.1, -0.05) is 31.4 Å². The van der Waals surface area contributed by atoms with Crippen LogP contribution in [0, 0.1) is 12.3 Å². The zero-order chi connectivity index (χ0) is 14.4. The number of hydrogen-bond donors (Lipinski definition) is 2. The molecule has 1 fully saturated rings. The number of aliphatic hydroxyl groups is 1. The van der Waals surface area contributed by atoms with Gasteiger partial charge in [0.1, 0.15) is 5.75 Å². The molecule has 0 unspecified atom stereocenters. The molecule has 0 saturated heterocycles. The van der Waals surface area contributed by atoms with Crippen molar-refractivity contribution >= 4 is 0 Å². The average molecular weight is 277 g/mol. The predicted octanol–water partition coefficient (Wildman–Crippen LogP) is 3.04. The van der Waals surface area contributed by atoms with Crippen molar-refractivity contribution < 1.29 is 9.84 Å². The highest BCUT2D eigenvalue weighted by Gasteiger charge is 2.30. The summed E-state index contributed by atoms with van der Waals surface area (Å²) in [4.78, 5) is 0. The lowest BCUT2D eigenvalue weighted by molar-refractivity contribution is 0.0810. The van der Waals surface area contributed by atoms with Crippen molar-refractivity contribution in [2.24, 2.45) is 5.41 Å². The maximum atomic E-state index is 9.69. The third kappa shape index (κ3) is 3.74. The Morgan fingerprint density at radius 3 is 2.60 bits per heavy atom. The van der Waals surface area contributed by atoms with Crippen molar-refractivity contribution in [1.82, 2.24) is 5.32 Å². The molecule has 3 nitrogen and oxygen atoms in total. The van der Waals surface area contributed by atoms with E-state index in [1.165, 1.54) is 30.4 Å². The molecule has 112 valence electrons. The Labute approximate surface area is 122 Å². The van der Waals surface area contributed by atoms with Crippen LogP contribution >= 0.6 is 0 Å². The smallest absolute Gasteiger partial charge is 0.121 e. The molecular formula is C17H27NO2. The highest BCUT2D eigenvalue weighted by atomic mass is 16.5. The third-order valence-corrected chi connectivity index (χ3v) is 4.54. The van der Waals surface area contributed by atoms with E-state index in [1.807, 2.05) is 6.07 Å². The van der Waals surface area contributed by atoms with E-state index in [9.17, 15) is 5.11 Å². The van der Waals surface area contributed by atoms with E-state index >= 15 is 0 Å². The average Bonchev–Trinajstić information content (AvgIpc) is 2.48. The molecule has 0 spiro atoms. The van der Waals surface area contributed by atoms with E-state index in [4.69, 9.17) is 4.74 Å². The maximum Gasteiger partial charge on any atom is 0.121 e. The lowest BCUT2D eigenvalue weighted by atomic mass is 9.74. The largest absolute Gasteiger partial charge is 0.496 e. The van der Waals surface area contributed by atoms with Gasteiger partial charge in [0.05, 0.1) is 7.11 Å². The molecule has 1 aromatic rings. The highest BCUT2D eigenvalue weighted by molar-refractivity contribution is 5.36. The predicted molar refractivity (Wildman–Crippen MR) is 82.0 cm³/mol. The van der Waals surface area contributed by atoms with Gasteiger partial charge in [-0.25, -0.2) is 0 Å². The summed E-state index contributed by atoms with van der Waals surface area (Å²) >= 11 is 0. The molecule has 3 heteroatoms. The summed E-state index contributed by atoms with van der Waals surface area (Å²) in [7, 11) is 1.70. The van der Waals surface area contributed by atoms with Crippen LogP contribution in [-0.2, 0) is 6.54 Å². The highest BCUT2D eigenvalue weighted by Crippen LogP contribution is 2.35. The summed E-state index contributed by atoms with van der Waals surface area (Å²) in [6.45, 7) is 4.14. The van der Waals surface area contributed by atoms with Gasteiger partial charge in [-0.15, -0.1) is 0 Å². The van der Waals surface area contributed by atoms with Crippen LogP contribution in [-0.4, -0.2) is 25.4 Å². The van der Waals surface area contributed by atoms with Crippen LogP contribution in [0.3, 0.4) is 0 Å². The first kappa shape index (κ1) is 15.3.